The monoisotopic (exact) mass is 1120 g/mol. The Balaban J connectivity index is 0. The summed E-state index contributed by atoms with van der Waals surface area (Å²) >= 11 is 0. The largest absolute Gasteiger partial charge is 1.00 e. The molecule has 0 fully saturated rings. The number of rotatable bonds is 0. The molecule has 0 rings (SSSR count). The first-order valence-electron chi connectivity index (χ1n) is 0. The molecule has 30 heavy (non-hydrogen) atoms. The summed E-state index contributed by atoms with van der Waals surface area (Å²) in [5.41, 5.74) is 0. The minimum atomic E-state index is 0. The van der Waals surface area contributed by atoms with Crippen LogP contribution in [-0.2, 0) is 0 Å². The molecule has 0 unspecified atom stereocenters. The maximum atomic E-state index is 0. The molecule has 0 aromatic rings. The molecule has 0 heterocycles. The molecule has 0 amide bonds. The van der Waals surface area contributed by atoms with Crippen LogP contribution < -0.4 is 514 Å². The molecule has 0 N–H and O–H groups in total. The Bertz CT molecular complexity index is 60.0. The Morgan fingerprint density at radius 1 is 0.100 bits per heavy atom. The molecule has 0 saturated carbocycles. The van der Waals surface area contributed by atoms with E-state index in [4.69, 9.17) is 0 Å². The minimum absolute atomic E-state index is 0. The molecule has 0 aliphatic carbocycles. The van der Waals surface area contributed by atoms with Crippen molar-refractivity contribution in [2.45, 2.75) is 0 Å². The molecule has 0 atom stereocenters. The van der Waals surface area contributed by atoms with E-state index in [2.05, 4.69) is 0 Å². The van der Waals surface area contributed by atoms with E-state index in [1.165, 1.54) is 0 Å². The van der Waals surface area contributed by atoms with Gasteiger partial charge in [-0.3, -0.25) is 0 Å². The summed E-state index contributed by atoms with van der Waals surface area (Å²) in [5.74, 6) is 0. The van der Waals surface area contributed by atoms with E-state index < -0.39 is 0 Å². The second kappa shape index (κ2) is 262. The van der Waals surface area contributed by atoms with Crippen LogP contribution in [0.2, 0.25) is 0 Å². The van der Waals surface area contributed by atoms with Gasteiger partial charge in [-0.1, -0.05) is 0 Å². The van der Waals surface area contributed by atoms with Gasteiger partial charge in [0.1, 0.15) is 0 Å². The zero-order valence-electron chi connectivity index (χ0n) is 28.2. The van der Waals surface area contributed by atoms with Crippen LogP contribution >= 0.6 is 248 Å². The number of hydrogen-bond donors (Lipinski definition) is 0. The van der Waals surface area contributed by atoms with Gasteiger partial charge < -0.3 is 14.3 Å². The zero-order chi connectivity index (χ0) is 0. The van der Waals surface area contributed by atoms with Gasteiger partial charge in [0, 0.05) is 0 Å². The predicted molar refractivity (Wildman–Crippen MR) is 156 cm³/mol. The summed E-state index contributed by atoms with van der Waals surface area (Å²) in [7, 11) is 0. The molecule has 0 aromatic heterocycles. The molecule has 0 radical (unpaired) electrons. The van der Waals surface area contributed by atoms with Crippen molar-refractivity contribution in [2.75, 3.05) is 0 Å². The van der Waals surface area contributed by atoms with E-state index >= 15 is 0 Å². The van der Waals surface area contributed by atoms with Crippen LogP contribution in [0.3, 0.4) is 0 Å². The van der Waals surface area contributed by atoms with Crippen LogP contribution in [0.25, 0.3) is 0 Å². The van der Waals surface area contributed by atoms with Gasteiger partial charge in [0.25, 0.3) is 0 Å². The summed E-state index contributed by atoms with van der Waals surface area (Å²) in [6, 6.07) is 0. The van der Waals surface area contributed by atoms with Crippen molar-refractivity contribution in [3.63, 3.8) is 0 Å². The van der Waals surface area contributed by atoms with Crippen molar-refractivity contribution in [1.82, 2.24) is 0 Å². The van der Waals surface area contributed by atoms with E-state index in [0.29, 0.717) is 0 Å². The molecule has 180 valence electrons. The molecular weight excluding hydrogens is 1100 g/mol. The molecule has 0 aromatic carbocycles. The van der Waals surface area contributed by atoms with Gasteiger partial charge in [-0.15, -0.1) is 248 Å². The Labute approximate surface area is 749 Å². The summed E-state index contributed by atoms with van der Waals surface area (Å²) in [5, 5.41) is 0. The standard InChI is InChI=1S/20ClH.10K.10H/h20*1H;;;;;;;;;;;;;;;;;;;;/q;;;;;;;;;;;;;;;;;;;;10*+1;10*-1. The average Bonchev–Trinajstić information content (AvgIpc) is 0. The van der Waals surface area contributed by atoms with E-state index in [9.17, 15) is 0 Å². The summed E-state index contributed by atoms with van der Waals surface area (Å²) in [6.45, 7) is 0. The van der Waals surface area contributed by atoms with Crippen molar-refractivity contribution < 1.29 is 528 Å². The Hall–Kier alpha value is 22.2. The topological polar surface area (TPSA) is 0 Å². The van der Waals surface area contributed by atoms with Crippen LogP contribution in [0.4, 0.5) is 0 Å². The van der Waals surface area contributed by atoms with Gasteiger partial charge in [-0.2, -0.15) is 0 Å². The Kier molecular flexibility index (Phi) is 2430. The van der Waals surface area contributed by atoms with Gasteiger partial charge in [-0.25, -0.2) is 0 Å². The van der Waals surface area contributed by atoms with Gasteiger partial charge >= 0.3 is 514 Å². The number of hydrogen-bond acceptors (Lipinski definition) is 0. The van der Waals surface area contributed by atoms with Gasteiger partial charge in [0.2, 0.25) is 0 Å². The molecular formula is H30Cl20K10. The van der Waals surface area contributed by atoms with Crippen molar-refractivity contribution in [3.05, 3.63) is 0 Å². The smallest absolute Gasteiger partial charge is 1.00 e. The first-order chi connectivity index (χ1) is 0. The van der Waals surface area contributed by atoms with Gasteiger partial charge in [0.05, 0.1) is 0 Å². The van der Waals surface area contributed by atoms with Crippen LogP contribution in [-0.4, -0.2) is 0 Å². The minimum Gasteiger partial charge on any atom is -1.00 e. The average molecular weight is 1130 g/mol. The molecule has 0 spiro atoms. The Morgan fingerprint density at radius 3 is 0.100 bits per heavy atom. The molecule has 0 saturated heterocycles. The molecule has 0 nitrogen and oxygen atoms in total. The quantitative estimate of drug-likeness (QED) is 0.212. The second-order valence-corrected chi connectivity index (χ2v) is 0. The van der Waals surface area contributed by atoms with Gasteiger partial charge in [-0.05, 0) is 0 Å². The predicted octanol–water partition coefficient (Wildman–Crippen LogP) is -20.4. The van der Waals surface area contributed by atoms with Crippen LogP contribution in [0.15, 0.2) is 0 Å². The van der Waals surface area contributed by atoms with Crippen molar-refractivity contribution >= 4 is 248 Å². The van der Waals surface area contributed by atoms with Crippen LogP contribution in [0, 0.1) is 0 Å². The van der Waals surface area contributed by atoms with Crippen LogP contribution in [0.5, 0.6) is 0 Å². The van der Waals surface area contributed by atoms with E-state index in [1.807, 2.05) is 0 Å². The van der Waals surface area contributed by atoms with Crippen molar-refractivity contribution in [1.29, 1.82) is 0 Å². The summed E-state index contributed by atoms with van der Waals surface area (Å²) in [4.78, 5) is 0. The summed E-state index contributed by atoms with van der Waals surface area (Å²) in [6.07, 6.45) is 0. The first-order valence-corrected chi connectivity index (χ1v) is 0. The fourth-order valence-electron chi connectivity index (χ4n) is 0. The first kappa shape index (κ1) is 278. The number of halogens is 20. The summed E-state index contributed by atoms with van der Waals surface area (Å²) < 4.78 is 0. The molecule has 0 bridgehead atoms. The molecule has 0 aliphatic heterocycles. The van der Waals surface area contributed by atoms with Crippen molar-refractivity contribution in [3.8, 4) is 0 Å². The SMILES string of the molecule is Cl.Cl.Cl.Cl.Cl.Cl.Cl.Cl.Cl.Cl.Cl.Cl.Cl.Cl.Cl.Cl.Cl.Cl.Cl.Cl.[H-].[H-].[H-].[H-].[H-].[H-].[H-].[H-].[H-].[H-].[K+].[K+].[K+].[K+].[K+].[K+].[K+].[K+].[K+].[K+]. The maximum absolute atomic E-state index is 0. The van der Waals surface area contributed by atoms with Gasteiger partial charge in [0.15, 0.2) is 0 Å². The fourth-order valence-corrected chi connectivity index (χ4v) is 0. The third-order valence-corrected chi connectivity index (χ3v) is 0. The maximum Gasteiger partial charge on any atom is 1.00 e. The second-order valence-electron chi connectivity index (χ2n) is 0. The zero-order valence-corrected chi connectivity index (χ0v) is 65.7. The van der Waals surface area contributed by atoms with E-state index in [0.717, 1.165) is 0 Å². The normalized spacial score (nSPS) is 0. The van der Waals surface area contributed by atoms with Crippen LogP contribution in [0.1, 0.15) is 14.3 Å². The Morgan fingerprint density at radius 2 is 0.100 bits per heavy atom. The third-order valence-electron chi connectivity index (χ3n) is 0. The molecule has 0 aliphatic rings. The third kappa shape index (κ3) is 247. The fraction of sp³-hybridized carbons (Fsp3) is 0. The van der Waals surface area contributed by atoms with E-state index in [1.54, 1.807) is 0 Å². The molecule has 30 heteroatoms. The van der Waals surface area contributed by atoms with Crippen molar-refractivity contribution in [2.24, 2.45) is 0 Å². The van der Waals surface area contributed by atoms with E-state index in [-0.39, 0.29) is 776 Å².